The molecule has 10 nitrogen and oxygen atoms in total. The topological polar surface area (TPSA) is 158 Å². The van der Waals surface area contributed by atoms with Crippen LogP contribution in [-0.2, 0) is 11.2 Å². The highest BCUT2D eigenvalue weighted by Gasteiger charge is 2.18. The number of benzene rings is 2. The number of nitrogens with zero attached hydrogens (tertiary/aromatic N) is 2. The molecule has 160 valence electrons. The molecule has 0 fully saturated rings. The highest BCUT2D eigenvalue weighted by molar-refractivity contribution is 5.75. The number of hydrogen-bond acceptors (Lipinski definition) is 8. The molecule has 0 saturated heterocycles. The normalized spacial score (nSPS) is 10.5. The maximum atomic E-state index is 13.5. The van der Waals surface area contributed by atoms with E-state index in [0.29, 0.717) is 0 Å². The highest BCUT2D eigenvalue weighted by Crippen LogP contribution is 2.32. The number of aromatic hydroxyl groups is 2. The van der Waals surface area contributed by atoms with Crippen molar-refractivity contribution in [2.24, 2.45) is 5.11 Å². The van der Waals surface area contributed by atoms with E-state index in [2.05, 4.69) is 10.4 Å². The van der Waals surface area contributed by atoms with Crippen LogP contribution >= 0.6 is 0 Å². The zero-order chi connectivity index (χ0) is 22.3. The quantitative estimate of drug-likeness (QED) is 0.150. The zero-order valence-electron chi connectivity index (χ0n) is 15.5. The van der Waals surface area contributed by atoms with Crippen molar-refractivity contribution in [1.82, 2.24) is 5.32 Å². The maximum absolute atomic E-state index is 13.5. The van der Waals surface area contributed by atoms with E-state index in [1.807, 2.05) is 0 Å². The van der Waals surface area contributed by atoms with E-state index in [9.17, 15) is 33.9 Å². The minimum atomic E-state index is -1.04. The van der Waals surface area contributed by atoms with Crippen molar-refractivity contribution in [2.45, 2.75) is 19.3 Å². The van der Waals surface area contributed by atoms with Gasteiger partial charge in [0.1, 0.15) is 5.75 Å². The van der Waals surface area contributed by atoms with Crippen LogP contribution in [-0.4, -0.2) is 34.2 Å². The van der Waals surface area contributed by atoms with Crippen molar-refractivity contribution in [3.63, 3.8) is 0 Å². The molecule has 1 amide bonds. The smallest absolute Gasteiger partial charge is 0.276 e. The van der Waals surface area contributed by atoms with Gasteiger partial charge in [0.2, 0.25) is 5.91 Å². The molecule has 0 atom stereocenters. The predicted molar refractivity (Wildman–Crippen MR) is 99.0 cm³/mol. The van der Waals surface area contributed by atoms with Crippen LogP contribution in [0.1, 0.15) is 18.4 Å². The number of nitro groups is 1. The first-order valence-electron chi connectivity index (χ1n) is 8.68. The number of phenolic OH excluding ortho intramolecular Hbond substituents is 2. The minimum absolute atomic E-state index is 0.000963. The summed E-state index contributed by atoms with van der Waals surface area (Å²) in [6, 6.07) is 3.66. The van der Waals surface area contributed by atoms with Gasteiger partial charge in [-0.1, -0.05) is 0 Å². The summed E-state index contributed by atoms with van der Waals surface area (Å²) >= 11 is 0. The standard InChI is InChI=1S/C18H18F2N4O6/c19-12-7-11(8-13(20)18(12)23-21)30-5-1-2-17(27)22-4-3-10-6-15(25)16(26)9-14(10)24(28)29/h6-9,21,25-26H,1-5H2,(H,22,27). The Morgan fingerprint density at radius 3 is 2.43 bits per heavy atom. The second-order valence-electron chi connectivity index (χ2n) is 6.13. The third kappa shape index (κ3) is 5.83. The molecule has 0 radical (unpaired) electrons. The van der Waals surface area contributed by atoms with Crippen LogP contribution in [0.15, 0.2) is 29.4 Å². The Hall–Kier alpha value is -3.83. The average Bonchev–Trinajstić information content (AvgIpc) is 2.67. The second-order valence-corrected chi connectivity index (χ2v) is 6.13. The van der Waals surface area contributed by atoms with Gasteiger partial charge in [0.05, 0.1) is 17.6 Å². The lowest BCUT2D eigenvalue weighted by Crippen LogP contribution is -2.26. The summed E-state index contributed by atoms with van der Waals surface area (Å²) < 4.78 is 32.1. The van der Waals surface area contributed by atoms with E-state index < -0.39 is 33.7 Å². The van der Waals surface area contributed by atoms with Gasteiger partial charge in [0, 0.05) is 30.7 Å². The summed E-state index contributed by atoms with van der Waals surface area (Å²) in [5.74, 6) is -3.66. The van der Waals surface area contributed by atoms with Gasteiger partial charge in [-0.15, -0.1) is 0 Å². The highest BCUT2D eigenvalue weighted by atomic mass is 19.1. The van der Waals surface area contributed by atoms with Crippen LogP contribution in [0.3, 0.4) is 0 Å². The van der Waals surface area contributed by atoms with E-state index in [0.717, 1.165) is 24.3 Å². The molecule has 0 aliphatic heterocycles. The van der Waals surface area contributed by atoms with E-state index in [-0.39, 0.29) is 55.3 Å². The number of carbonyl (C=O) groups is 1. The molecule has 0 aliphatic rings. The molecule has 0 bridgehead atoms. The zero-order valence-corrected chi connectivity index (χ0v) is 15.5. The van der Waals surface area contributed by atoms with Crippen LogP contribution in [0.5, 0.6) is 17.2 Å². The fourth-order valence-electron chi connectivity index (χ4n) is 2.56. The fourth-order valence-corrected chi connectivity index (χ4v) is 2.56. The lowest BCUT2D eigenvalue weighted by atomic mass is 10.1. The summed E-state index contributed by atoms with van der Waals surface area (Å²) in [5, 5.41) is 35.1. The van der Waals surface area contributed by atoms with Gasteiger partial charge >= 0.3 is 0 Å². The van der Waals surface area contributed by atoms with Gasteiger partial charge < -0.3 is 20.3 Å². The molecule has 30 heavy (non-hydrogen) atoms. The molecule has 0 unspecified atom stereocenters. The molecule has 2 aromatic rings. The number of rotatable bonds is 10. The van der Waals surface area contributed by atoms with E-state index in [4.69, 9.17) is 10.3 Å². The first-order chi connectivity index (χ1) is 14.2. The van der Waals surface area contributed by atoms with E-state index >= 15 is 0 Å². The third-order valence-electron chi connectivity index (χ3n) is 4.01. The van der Waals surface area contributed by atoms with Crippen LogP contribution < -0.4 is 10.1 Å². The Balaban J connectivity index is 1.77. The summed E-state index contributed by atoms with van der Waals surface area (Å²) in [7, 11) is 0. The number of halogens is 2. The monoisotopic (exact) mass is 424 g/mol. The van der Waals surface area contributed by atoms with Crippen LogP contribution in [0.2, 0.25) is 0 Å². The van der Waals surface area contributed by atoms with Crippen molar-refractivity contribution in [3.05, 3.63) is 51.6 Å². The summed E-state index contributed by atoms with van der Waals surface area (Å²) in [5.41, 5.74) is 5.72. The molecule has 0 aliphatic carbocycles. The predicted octanol–water partition coefficient (Wildman–Crippen LogP) is 3.46. The molecule has 12 heteroatoms. The van der Waals surface area contributed by atoms with Gasteiger partial charge in [0.15, 0.2) is 28.8 Å². The van der Waals surface area contributed by atoms with Crippen molar-refractivity contribution < 1.29 is 33.4 Å². The Morgan fingerprint density at radius 2 is 1.83 bits per heavy atom. The number of ether oxygens (including phenoxy) is 1. The Labute approximate surface area is 168 Å². The van der Waals surface area contributed by atoms with Gasteiger partial charge in [-0.05, 0) is 18.9 Å². The van der Waals surface area contributed by atoms with Crippen molar-refractivity contribution in [3.8, 4) is 17.2 Å². The number of carbonyl (C=O) groups excluding carboxylic acids is 1. The van der Waals surface area contributed by atoms with Gasteiger partial charge in [-0.2, -0.15) is 5.11 Å². The first kappa shape index (κ1) is 22.5. The van der Waals surface area contributed by atoms with Gasteiger partial charge in [-0.25, -0.2) is 14.3 Å². The second kappa shape index (κ2) is 10.1. The van der Waals surface area contributed by atoms with E-state index in [1.54, 1.807) is 0 Å². The Kier molecular flexibility index (Phi) is 7.56. The number of hydrogen-bond donors (Lipinski definition) is 4. The molecule has 4 N–H and O–H groups in total. The molecular formula is C18H18F2N4O6. The van der Waals surface area contributed by atoms with Crippen LogP contribution in [0.25, 0.3) is 0 Å². The Bertz CT molecular complexity index is 947. The molecule has 2 rings (SSSR count). The largest absolute Gasteiger partial charge is 0.504 e. The summed E-state index contributed by atoms with van der Waals surface area (Å²) in [6.07, 6.45) is 0.326. The summed E-state index contributed by atoms with van der Waals surface area (Å²) in [4.78, 5) is 22.1. The number of nitrogens with one attached hydrogen (secondary N) is 2. The van der Waals surface area contributed by atoms with E-state index in [1.165, 1.54) is 0 Å². The molecule has 0 spiro atoms. The number of phenols is 2. The molecule has 2 aromatic carbocycles. The molecule has 0 aromatic heterocycles. The van der Waals surface area contributed by atoms with Gasteiger partial charge in [0.25, 0.3) is 5.69 Å². The Morgan fingerprint density at radius 1 is 1.20 bits per heavy atom. The van der Waals surface area contributed by atoms with Crippen LogP contribution in [0, 0.1) is 27.3 Å². The summed E-state index contributed by atoms with van der Waals surface area (Å²) in [6.45, 7) is 0.0558. The van der Waals surface area contributed by atoms with Crippen LogP contribution in [0.4, 0.5) is 20.2 Å². The molecule has 0 saturated carbocycles. The van der Waals surface area contributed by atoms with Crippen molar-refractivity contribution in [2.75, 3.05) is 13.2 Å². The number of nitro benzene ring substituents is 1. The fraction of sp³-hybridized carbons (Fsp3) is 0.278. The average molecular weight is 424 g/mol. The third-order valence-corrected chi connectivity index (χ3v) is 4.01. The van der Waals surface area contributed by atoms with Crippen molar-refractivity contribution in [1.29, 1.82) is 5.53 Å². The first-order valence-corrected chi connectivity index (χ1v) is 8.68. The lowest BCUT2D eigenvalue weighted by Gasteiger charge is -2.09. The molecular weight excluding hydrogens is 406 g/mol. The molecule has 0 heterocycles. The number of amides is 1. The SMILES string of the molecule is N=Nc1c(F)cc(OCCCC(=O)NCCc2cc(O)c(O)cc2[N+](=O)[O-])cc1F. The van der Waals surface area contributed by atoms with Crippen molar-refractivity contribution >= 4 is 17.3 Å². The lowest BCUT2D eigenvalue weighted by molar-refractivity contribution is -0.385. The minimum Gasteiger partial charge on any atom is -0.504 e. The maximum Gasteiger partial charge on any atom is 0.276 e. The van der Waals surface area contributed by atoms with Gasteiger partial charge in [-0.3, -0.25) is 14.9 Å².